The van der Waals surface area contributed by atoms with E-state index in [-0.39, 0.29) is 24.0 Å². The quantitative estimate of drug-likeness (QED) is 0.239. The molecule has 29 heavy (non-hydrogen) atoms. The fraction of sp³-hybridized carbons (Fsp3) is 0.619. The highest BCUT2D eigenvalue weighted by atomic mass is 127. The maximum Gasteiger partial charge on any atom is 0.341 e. The SMILES string of the molecule is CCCN1CCC(NC(=NCc2ccc(OC)c(C(=O)OC)c2)NCC)CC1.I. The Hall–Kier alpha value is -1.55. The Morgan fingerprint density at radius 3 is 2.55 bits per heavy atom. The first-order chi connectivity index (χ1) is 13.6. The van der Waals surface area contributed by atoms with Crippen LogP contribution in [0.4, 0.5) is 0 Å². The summed E-state index contributed by atoms with van der Waals surface area (Å²) in [5.74, 6) is 0.905. The van der Waals surface area contributed by atoms with Crippen LogP contribution in [0.25, 0.3) is 0 Å². The summed E-state index contributed by atoms with van der Waals surface area (Å²) in [4.78, 5) is 19.2. The average Bonchev–Trinajstić information content (AvgIpc) is 2.73. The normalized spacial score (nSPS) is 15.4. The van der Waals surface area contributed by atoms with Crippen LogP contribution in [0.5, 0.6) is 5.75 Å². The Morgan fingerprint density at radius 1 is 1.24 bits per heavy atom. The zero-order chi connectivity index (χ0) is 20.4. The zero-order valence-corrected chi connectivity index (χ0v) is 20.3. The Morgan fingerprint density at radius 2 is 1.97 bits per heavy atom. The van der Waals surface area contributed by atoms with Gasteiger partial charge in [0, 0.05) is 25.7 Å². The van der Waals surface area contributed by atoms with Crippen molar-refractivity contribution in [2.24, 2.45) is 4.99 Å². The van der Waals surface area contributed by atoms with E-state index < -0.39 is 5.97 Å². The summed E-state index contributed by atoms with van der Waals surface area (Å²) in [6.07, 6.45) is 3.45. The Bertz CT molecular complexity index is 661. The van der Waals surface area contributed by atoms with Gasteiger partial charge < -0.3 is 25.0 Å². The largest absolute Gasteiger partial charge is 0.496 e. The van der Waals surface area contributed by atoms with Crippen LogP contribution in [-0.4, -0.2) is 63.3 Å². The van der Waals surface area contributed by atoms with Gasteiger partial charge in [0.15, 0.2) is 5.96 Å². The summed E-state index contributed by atoms with van der Waals surface area (Å²) in [6, 6.07) is 5.91. The highest BCUT2D eigenvalue weighted by molar-refractivity contribution is 14.0. The maximum absolute atomic E-state index is 12.0. The molecule has 1 fully saturated rings. The summed E-state index contributed by atoms with van der Waals surface area (Å²) in [7, 11) is 2.91. The highest BCUT2D eigenvalue weighted by Crippen LogP contribution is 2.21. The van der Waals surface area contributed by atoms with Crippen molar-refractivity contribution in [1.82, 2.24) is 15.5 Å². The summed E-state index contributed by atoms with van der Waals surface area (Å²) in [6.45, 7) is 9.00. The first-order valence-electron chi connectivity index (χ1n) is 10.1. The molecule has 0 saturated carbocycles. The van der Waals surface area contributed by atoms with E-state index in [1.165, 1.54) is 20.1 Å². The van der Waals surface area contributed by atoms with Crippen LogP contribution in [0.3, 0.4) is 0 Å². The van der Waals surface area contributed by atoms with Crippen molar-refractivity contribution < 1.29 is 14.3 Å². The van der Waals surface area contributed by atoms with Gasteiger partial charge in [-0.1, -0.05) is 13.0 Å². The van der Waals surface area contributed by atoms with E-state index in [2.05, 4.69) is 29.4 Å². The van der Waals surface area contributed by atoms with Gasteiger partial charge in [0.1, 0.15) is 11.3 Å². The highest BCUT2D eigenvalue weighted by Gasteiger charge is 2.19. The van der Waals surface area contributed by atoms with Gasteiger partial charge in [-0.3, -0.25) is 0 Å². The standard InChI is InChI=1S/C21H34N4O3.HI/c1-5-11-25-12-9-17(10-13-25)24-21(22-6-2)23-15-16-7-8-19(27-3)18(14-16)20(26)28-4;/h7-8,14,17H,5-6,9-13,15H2,1-4H3,(H2,22,23,24);1H. The number of ether oxygens (including phenoxy) is 2. The maximum atomic E-state index is 12.0. The van der Waals surface area contributed by atoms with Crippen LogP contribution in [0, 0.1) is 0 Å². The van der Waals surface area contributed by atoms with Gasteiger partial charge in [0.05, 0.1) is 20.8 Å². The van der Waals surface area contributed by atoms with E-state index in [9.17, 15) is 4.79 Å². The lowest BCUT2D eigenvalue weighted by Crippen LogP contribution is -2.48. The summed E-state index contributed by atoms with van der Waals surface area (Å²) >= 11 is 0. The summed E-state index contributed by atoms with van der Waals surface area (Å²) < 4.78 is 10.1. The number of halogens is 1. The van der Waals surface area contributed by atoms with Crippen LogP contribution in [-0.2, 0) is 11.3 Å². The second kappa shape index (κ2) is 13.6. The molecule has 1 saturated heterocycles. The van der Waals surface area contributed by atoms with Crippen molar-refractivity contribution in [3.05, 3.63) is 29.3 Å². The number of esters is 1. The van der Waals surface area contributed by atoms with Gasteiger partial charge in [-0.05, 0) is 50.4 Å². The van der Waals surface area contributed by atoms with Gasteiger partial charge >= 0.3 is 5.97 Å². The first-order valence-corrected chi connectivity index (χ1v) is 10.1. The number of benzene rings is 1. The molecule has 1 aliphatic heterocycles. The van der Waals surface area contributed by atoms with Crippen LogP contribution in [0.15, 0.2) is 23.2 Å². The molecule has 1 aliphatic rings. The third-order valence-electron chi connectivity index (χ3n) is 4.90. The number of hydrogen-bond donors (Lipinski definition) is 2. The molecule has 0 aromatic heterocycles. The number of guanidine groups is 1. The van der Waals surface area contributed by atoms with Gasteiger partial charge in [0.2, 0.25) is 0 Å². The van der Waals surface area contributed by atoms with Crippen molar-refractivity contribution in [1.29, 1.82) is 0 Å². The first kappa shape index (κ1) is 25.5. The zero-order valence-electron chi connectivity index (χ0n) is 18.0. The molecule has 8 heteroatoms. The van der Waals surface area contributed by atoms with Crippen molar-refractivity contribution in [2.75, 3.05) is 40.4 Å². The molecule has 2 rings (SSSR count). The molecule has 7 nitrogen and oxygen atoms in total. The molecule has 0 amide bonds. The number of carbonyl (C=O) groups excluding carboxylic acids is 1. The minimum absolute atomic E-state index is 0. The molecule has 1 aromatic carbocycles. The third kappa shape index (κ3) is 8.00. The van der Waals surface area contributed by atoms with Crippen molar-refractivity contribution in [3.63, 3.8) is 0 Å². The van der Waals surface area contributed by atoms with Gasteiger partial charge in [-0.25, -0.2) is 9.79 Å². The number of methoxy groups -OCH3 is 2. The number of likely N-dealkylation sites (tertiary alicyclic amines) is 1. The molecule has 0 radical (unpaired) electrons. The average molecular weight is 518 g/mol. The molecular formula is C21H35IN4O3. The van der Waals surface area contributed by atoms with Gasteiger partial charge in [-0.15, -0.1) is 24.0 Å². The Balaban J connectivity index is 0.00000420. The van der Waals surface area contributed by atoms with E-state index in [0.29, 0.717) is 23.9 Å². The van der Waals surface area contributed by atoms with E-state index in [0.717, 1.165) is 44.0 Å². The van der Waals surface area contributed by atoms with E-state index in [1.54, 1.807) is 19.2 Å². The topological polar surface area (TPSA) is 75.2 Å². The number of rotatable bonds is 8. The monoisotopic (exact) mass is 518 g/mol. The fourth-order valence-electron chi connectivity index (χ4n) is 3.42. The predicted molar refractivity (Wildman–Crippen MR) is 127 cm³/mol. The summed E-state index contributed by atoms with van der Waals surface area (Å²) in [5, 5.41) is 6.87. The Kier molecular flexibility index (Phi) is 12.0. The lowest BCUT2D eigenvalue weighted by molar-refractivity contribution is 0.0597. The number of hydrogen-bond acceptors (Lipinski definition) is 5. The smallest absolute Gasteiger partial charge is 0.341 e. The molecular weight excluding hydrogens is 483 g/mol. The fourth-order valence-corrected chi connectivity index (χ4v) is 3.42. The van der Waals surface area contributed by atoms with E-state index >= 15 is 0 Å². The van der Waals surface area contributed by atoms with Gasteiger partial charge in [-0.2, -0.15) is 0 Å². The predicted octanol–water partition coefficient (Wildman–Crippen LogP) is 3.03. The van der Waals surface area contributed by atoms with Crippen LogP contribution >= 0.6 is 24.0 Å². The number of piperidine rings is 1. The third-order valence-corrected chi connectivity index (χ3v) is 4.90. The molecule has 2 N–H and O–H groups in total. The number of carbonyl (C=O) groups is 1. The summed E-state index contributed by atoms with van der Waals surface area (Å²) in [5.41, 5.74) is 1.34. The van der Waals surface area contributed by atoms with Gasteiger partial charge in [0.25, 0.3) is 0 Å². The number of nitrogens with one attached hydrogen (secondary N) is 2. The van der Waals surface area contributed by atoms with Crippen LogP contribution in [0.2, 0.25) is 0 Å². The lowest BCUT2D eigenvalue weighted by atomic mass is 10.1. The van der Waals surface area contributed by atoms with Crippen LogP contribution in [0.1, 0.15) is 49.0 Å². The van der Waals surface area contributed by atoms with Crippen molar-refractivity contribution in [3.8, 4) is 5.75 Å². The molecule has 0 atom stereocenters. The Labute approximate surface area is 191 Å². The molecule has 0 spiro atoms. The van der Waals surface area contributed by atoms with E-state index in [1.807, 2.05) is 6.07 Å². The minimum atomic E-state index is -0.411. The molecule has 164 valence electrons. The van der Waals surface area contributed by atoms with Crippen molar-refractivity contribution >= 4 is 35.9 Å². The molecule has 0 bridgehead atoms. The molecule has 0 unspecified atom stereocenters. The minimum Gasteiger partial charge on any atom is -0.496 e. The van der Waals surface area contributed by atoms with Crippen LogP contribution < -0.4 is 15.4 Å². The number of aliphatic imine (C=N–C) groups is 1. The van der Waals surface area contributed by atoms with E-state index in [4.69, 9.17) is 14.5 Å². The second-order valence-corrected chi connectivity index (χ2v) is 6.98. The molecule has 0 aliphatic carbocycles. The number of nitrogens with zero attached hydrogens (tertiary/aromatic N) is 2. The van der Waals surface area contributed by atoms with Crippen molar-refractivity contribution in [2.45, 2.75) is 45.7 Å². The lowest BCUT2D eigenvalue weighted by Gasteiger charge is -2.32. The second-order valence-electron chi connectivity index (χ2n) is 6.98. The molecule has 1 aromatic rings. The molecule has 1 heterocycles.